The van der Waals surface area contributed by atoms with Gasteiger partial charge < -0.3 is 18.9 Å². The molecule has 1 aromatic heterocycles. The molecule has 162 valence electrons. The number of halogens is 2. The van der Waals surface area contributed by atoms with Crippen LogP contribution in [-0.4, -0.2) is 40.3 Å². The number of aromatic nitrogens is 3. The molecular weight excluding hydrogens is 418 g/mol. The number of ether oxygens (including phenoxy) is 2. The van der Waals surface area contributed by atoms with Crippen LogP contribution >= 0.6 is 0 Å². The van der Waals surface area contributed by atoms with Gasteiger partial charge in [0.15, 0.2) is 29.3 Å². The Morgan fingerprint density at radius 1 is 1.12 bits per heavy atom. The van der Waals surface area contributed by atoms with E-state index >= 15 is 0 Å². The van der Waals surface area contributed by atoms with Crippen molar-refractivity contribution < 1.29 is 18.3 Å². The molecule has 0 N–H and O–H groups in total. The molecule has 8 nitrogen and oxygen atoms in total. The van der Waals surface area contributed by atoms with Crippen LogP contribution < -0.4 is 9.64 Å². The fourth-order valence-electron chi connectivity index (χ4n) is 3.98. The minimum absolute atomic E-state index is 0.0866. The van der Waals surface area contributed by atoms with Crippen LogP contribution in [0.5, 0.6) is 5.75 Å². The van der Waals surface area contributed by atoms with Crippen LogP contribution in [0.3, 0.4) is 0 Å². The second-order valence-corrected chi connectivity index (χ2v) is 7.49. The number of methoxy groups -OCH3 is 1. The summed E-state index contributed by atoms with van der Waals surface area (Å²) in [6.07, 6.45) is 1.68. The van der Waals surface area contributed by atoms with Crippen molar-refractivity contribution in [1.82, 2.24) is 14.8 Å². The molecule has 2 aromatic carbocycles. The van der Waals surface area contributed by atoms with E-state index in [0.29, 0.717) is 29.5 Å². The first-order chi connectivity index (χ1) is 15.6. The zero-order valence-electron chi connectivity index (χ0n) is 17.1. The lowest BCUT2D eigenvalue weighted by molar-refractivity contribution is 0.0986. The number of hydrogen-bond donors (Lipinski definition) is 0. The zero-order valence-corrected chi connectivity index (χ0v) is 17.1. The van der Waals surface area contributed by atoms with Crippen molar-refractivity contribution in [3.05, 3.63) is 59.4 Å². The number of anilines is 1. The summed E-state index contributed by atoms with van der Waals surface area (Å²) in [7, 11) is 1.59. The molecule has 10 heteroatoms. The fraction of sp³-hybridized carbons (Fsp3) is 0.273. The van der Waals surface area contributed by atoms with E-state index in [-0.39, 0.29) is 19.3 Å². The molecule has 32 heavy (non-hydrogen) atoms. The number of hydrogen-bond acceptors (Lipinski definition) is 7. The molecule has 0 amide bonds. The summed E-state index contributed by atoms with van der Waals surface area (Å²) in [5.74, 6) is 0.0327. The van der Waals surface area contributed by atoms with Gasteiger partial charge in [0.05, 0.1) is 37.9 Å². The van der Waals surface area contributed by atoms with Crippen molar-refractivity contribution in [2.75, 3.05) is 12.0 Å². The van der Waals surface area contributed by atoms with Gasteiger partial charge in [-0.2, -0.15) is 5.26 Å². The number of aliphatic imine (C=N–C) groups is 1. The third kappa shape index (κ3) is 3.36. The highest BCUT2D eigenvalue weighted by molar-refractivity contribution is 5.91. The number of nitrogens with zero attached hydrogens (tertiary/aromatic N) is 6. The summed E-state index contributed by atoms with van der Waals surface area (Å²) >= 11 is 0. The third-order valence-corrected chi connectivity index (χ3v) is 5.61. The van der Waals surface area contributed by atoms with Gasteiger partial charge in [0.1, 0.15) is 12.4 Å². The van der Waals surface area contributed by atoms with E-state index in [1.54, 1.807) is 13.4 Å². The minimum atomic E-state index is -0.920. The predicted octanol–water partition coefficient (Wildman–Crippen LogP) is 3.07. The van der Waals surface area contributed by atoms with E-state index in [1.807, 2.05) is 27.7 Å². The maximum Gasteiger partial charge on any atom is 0.166 e. The molecule has 0 radical (unpaired) electrons. The SMILES string of the molecule is COc1ccc2c(c1)-c1nnc(COCc3ccc(F)c(F)c3)n1CC1C(C#N)N=CN21. The summed E-state index contributed by atoms with van der Waals surface area (Å²) in [6, 6.07) is 10.8. The molecule has 2 aliphatic rings. The molecule has 3 aromatic rings. The highest BCUT2D eigenvalue weighted by Crippen LogP contribution is 2.39. The van der Waals surface area contributed by atoms with Gasteiger partial charge >= 0.3 is 0 Å². The van der Waals surface area contributed by atoms with E-state index in [4.69, 9.17) is 9.47 Å². The topological polar surface area (TPSA) is 88.6 Å². The lowest BCUT2D eigenvalue weighted by Gasteiger charge is -2.24. The van der Waals surface area contributed by atoms with Gasteiger partial charge in [-0.25, -0.2) is 8.78 Å². The van der Waals surface area contributed by atoms with Gasteiger partial charge in [-0.3, -0.25) is 4.99 Å². The Kier molecular flexibility index (Phi) is 5.03. The molecule has 0 bridgehead atoms. The average molecular weight is 436 g/mol. The smallest absolute Gasteiger partial charge is 0.166 e. The first kappa shape index (κ1) is 20.1. The van der Waals surface area contributed by atoms with Crippen molar-refractivity contribution in [1.29, 1.82) is 5.26 Å². The van der Waals surface area contributed by atoms with Crippen LogP contribution in [0.4, 0.5) is 14.5 Å². The van der Waals surface area contributed by atoms with E-state index in [2.05, 4.69) is 21.3 Å². The largest absolute Gasteiger partial charge is 0.497 e. The highest BCUT2D eigenvalue weighted by Gasteiger charge is 2.37. The van der Waals surface area contributed by atoms with E-state index in [0.717, 1.165) is 23.4 Å². The summed E-state index contributed by atoms with van der Waals surface area (Å²) < 4.78 is 39.6. The molecule has 2 atom stereocenters. The van der Waals surface area contributed by atoms with Crippen molar-refractivity contribution in [2.45, 2.75) is 31.8 Å². The first-order valence-electron chi connectivity index (χ1n) is 9.92. The van der Waals surface area contributed by atoms with Crippen molar-refractivity contribution in [3.63, 3.8) is 0 Å². The monoisotopic (exact) mass is 436 g/mol. The lowest BCUT2D eigenvalue weighted by Crippen LogP contribution is -2.38. The molecule has 2 unspecified atom stereocenters. The van der Waals surface area contributed by atoms with Crippen LogP contribution in [0.2, 0.25) is 0 Å². The molecule has 0 spiro atoms. The predicted molar refractivity (Wildman–Crippen MR) is 111 cm³/mol. The quantitative estimate of drug-likeness (QED) is 0.611. The third-order valence-electron chi connectivity index (χ3n) is 5.61. The summed E-state index contributed by atoms with van der Waals surface area (Å²) in [6.45, 7) is 0.626. The molecule has 5 rings (SSSR count). The first-order valence-corrected chi connectivity index (χ1v) is 9.92. The normalized spacial score (nSPS) is 18.5. The Hall–Kier alpha value is -3.84. The van der Waals surface area contributed by atoms with Crippen LogP contribution in [0.1, 0.15) is 11.4 Å². The standard InChI is InChI=1S/C22H18F2N6O2/c1-31-14-3-5-19-15(7-14)22-28-27-21(11-32-10-13-2-4-16(23)17(24)6-13)29(22)9-20-18(8-25)26-12-30(19)20/h2-7,12,18,20H,9-11H2,1H3. The van der Waals surface area contributed by atoms with Crippen molar-refractivity contribution in [2.24, 2.45) is 4.99 Å². The van der Waals surface area contributed by atoms with Crippen LogP contribution in [0.15, 0.2) is 41.4 Å². The number of fused-ring (bicyclic) bond motifs is 5. The molecule has 0 fully saturated rings. The minimum Gasteiger partial charge on any atom is -0.497 e. The molecular formula is C22H18F2N6O2. The molecule has 0 saturated heterocycles. The highest BCUT2D eigenvalue weighted by atomic mass is 19.2. The van der Waals surface area contributed by atoms with E-state index in [1.165, 1.54) is 6.07 Å². The van der Waals surface area contributed by atoms with Gasteiger partial charge in [0, 0.05) is 12.1 Å². The second-order valence-electron chi connectivity index (χ2n) is 7.49. The second kappa shape index (κ2) is 8.01. The van der Waals surface area contributed by atoms with E-state index in [9.17, 15) is 14.0 Å². The van der Waals surface area contributed by atoms with Gasteiger partial charge in [0.25, 0.3) is 0 Å². The maximum absolute atomic E-state index is 13.4. The Morgan fingerprint density at radius 3 is 2.78 bits per heavy atom. The van der Waals surface area contributed by atoms with Crippen LogP contribution in [0, 0.1) is 23.0 Å². The Balaban J connectivity index is 1.46. The van der Waals surface area contributed by atoms with E-state index < -0.39 is 17.7 Å². The Labute approximate surface area is 182 Å². The Bertz CT molecular complexity index is 1250. The van der Waals surface area contributed by atoms with Gasteiger partial charge in [0.2, 0.25) is 0 Å². The summed E-state index contributed by atoms with van der Waals surface area (Å²) in [5.41, 5.74) is 2.17. The maximum atomic E-state index is 13.4. The molecule has 0 aliphatic carbocycles. The van der Waals surface area contributed by atoms with Gasteiger partial charge in [-0.1, -0.05) is 6.07 Å². The number of benzene rings is 2. The van der Waals surface area contributed by atoms with Gasteiger partial charge in [-0.15, -0.1) is 10.2 Å². The van der Waals surface area contributed by atoms with Crippen molar-refractivity contribution >= 4 is 12.0 Å². The summed E-state index contributed by atoms with van der Waals surface area (Å²) in [5, 5.41) is 18.2. The number of rotatable bonds is 5. The summed E-state index contributed by atoms with van der Waals surface area (Å²) in [4.78, 5) is 6.32. The van der Waals surface area contributed by atoms with Crippen LogP contribution in [-0.2, 0) is 24.5 Å². The average Bonchev–Trinajstić information content (AvgIpc) is 3.37. The van der Waals surface area contributed by atoms with Gasteiger partial charge in [-0.05, 0) is 35.9 Å². The molecule has 2 aliphatic heterocycles. The lowest BCUT2D eigenvalue weighted by atomic mass is 10.1. The molecule has 0 saturated carbocycles. The zero-order chi connectivity index (χ0) is 22.2. The molecule has 3 heterocycles. The Morgan fingerprint density at radius 2 is 2.00 bits per heavy atom. The number of nitriles is 1. The van der Waals surface area contributed by atoms with Crippen molar-refractivity contribution in [3.8, 4) is 23.2 Å². The fourth-order valence-corrected chi connectivity index (χ4v) is 3.98. The van der Waals surface area contributed by atoms with Crippen LogP contribution in [0.25, 0.3) is 11.4 Å².